The fraction of sp³-hybridized carbons (Fsp3) is 0.421. The lowest BCUT2D eigenvalue weighted by molar-refractivity contribution is -0.136. The molecule has 21 heavy (non-hydrogen) atoms. The molecule has 1 amide bonds. The third-order valence-electron chi connectivity index (χ3n) is 5.03. The van der Waals surface area contributed by atoms with E-state index in [-0.39, 0.29) is 11.3 Å². The molecule has 0 radical (unpaired) electrons. The lowest BCUT2D eigenvalue weighted by Gasteiger charge is -2.39. The van der Waals surface area contributed by atoms with Crippen LogP contribution in [-0.2, 0) is 11.2 Å². The van der Waals surface area contributed by atoms with Crippen molar-refractivity contribution < 1.29 is 4.79 Å². The van der Waals surface area contributed by atoms with Gasteiger partial charge in [-0.15, -0.1) is 0 Å². The van der Waals surface area contributed by atoms with E-state index in [0.717, 1.165) is 32.2 Å². The zero-order chi connectivity index (χ0) is 14.7. The van der Waals surface area contributed by atoms with Gasteiger partial charge in [0.25, 0.3) is 0 Å². The summed E-state index contributed by atoms with van der Waals surface area (Å²) in [7, 11) is 0. The van der Waals surface area contributed by atoms with Gasteiger partial charge >= 0.3 is 0 Å². The molecule has 0 atom stereocenters. The summed E-state index contributed by atoms with van der Waals surface area (Å²) < 4.78 is 0. The number of hydrogen-bond acceptors (Lipinski definition) is 1. The number of carbonyl (C=O) groups is 1. The zero-order valence-corrected chi connectivity index (χ0v) is 12.7. The van der Waals surface area contributed by atoms with Gasteiger partial charge in [-0.1, -0.05) is 55.8 Å². The van der Waals surface area contributed by atoms with Crippen molar-refractivity contribution in [2.45, 2.75) is 39.0 Å². The van der Waals surface area contributed by atoms with Crippen molar-refractivity contribution >= 4 is 16.7 Å². The molecular formula is C19H23NO. The Bertz CT molecular complexity index is 632. The predicted molar refractivity (Wildman–Crippen MR) is 87.2 cm³/mol. The number of nitrogens with one attached hydrogen (secondary N) is 1. The highest BCUT2D eigenvalue weighted by Crippen LogP contribution is 2.43. The lowest BCUT2D eigenvalue weighted by atomic mass is 9.66. The number of carbonyl (C=O) groups excluding carboxylic acids is 1. The molecule has 1 N–H and O–H groups in total. The summed E-state index contributed by atoms with van der Waals surface area (Å²) in [6, 6.07) is 14.8. The van der Waals surface area contributed by atoms with Crippen LogP contribution in [-0.4, -0.2) is 12.5 Å². The third-order valence-corrected chi connectivity index (χ3v) is 5.03. The Morgan fingerprint density at radius 1 is 1.14 bits per heavy atom. The first-order valence-corrected chi connectivity index (χ1v) is 8.00. The molecule has 0 bridgehead atoms. The van der Waals surface area contributed by atoms with Crippen molar-refractivity contribution in [3.8, 4) is 0 Å². The molecule has 2 heteroatoms. The number of rotatable bonds is 5. The Kier molecular flexibility index (Phi) is 3.96. The fourth-order valence-corrected chi connectivity index (χ4v) is 3.35. The van der Waals surface area contributed by atoms with E-state index in [4.69, 9.17) is 0 Å². The molecule has 2 aromatic rings. The normalized spacial score (nSPS) is 16.4. The maximum atomic E-state index is 12.3. The monoisotopic (exact) mass is 281 g/mol. The van der Waals surface area contributed by atoms with Gasteiger partial charge in [0.2, 0.25) is 5.91 Å². The molecule has 0 spiro atoms. The molecule has 1 fully saturated rings. The van der Waals surface area contributed by atoms with Gasteiger partial charge in [0, 0.05) is 12.0 Å². The summed E-state index contributed by atoms with van der Waals surface area (Å²) in [5.41, 5.74) is 1.26. The molecule has 0 unspecified atom stereocenters. The van der Waals surface area contributed by atoms with Gasteiger partial charge < -0.3 is 5.32 Å². The van der Waals surface area contributed by atoms with Crippen LogP contribution in [0, 0.1) is 5.41 Å². The van der Waals surface area contributed by atoms with E-state index in [2.05, 4.69) is 54.7 Å². The highest BCUT2D eigenvalue weighted by molar-refractivity contribution is 5.86. The Balaban J connectivity index is 1.63. The molecule has 1 saturated carbocycles. The average Bonchev–Trinajstić information content (AvgIpc) is 2.47. The highest BCUT2D eigenvalue weighted by Gasteiger charge is 2.41. The molecule has 2 aromatic carbocycles. The highest BCUT2D eigenvalue weighted by atomic mass is 16.2. The van der Waals surface area contributed by atoms with Gasteiger partial charge in [-0.2, -0.15) is 0 Å². The fourth-order valence-electron chi connectivity index (χ4n) is 3.35. The van der Waals surface area contributed by atoms with Crippen LogP contribution >= 0.6 is 0 Å². The molecule has 0 aromatic heterocycles. The minimum absolute atomic E-state index is 0.0568. The quantitative estimate of drug-likeness (QED) is 0.879. The molecule has 0 saturated heterocycles. The second-order valence-corrected chi connectivity index (χ2v) is 6.13. The SMILES string of the molecule is CCC1(C(=O)NCCc2cccc3ccccc23)CCC1. The molecule has 0 aliphatic heterocycles. The van der Waals surface area contributed by atoms with E-state index in [1.807, 2.05) is 0 Å². The Morgan fingerprint density at radius 2 is 1.90 bits per heavy atom. The van der Waals surface area contributed by atoms with Crippen molar-refractivity contribution in [2.24, 2.45) is 5.41 Å². The number of fused-ring (bicyclic) bond motifs is 1. The van der Waals surface area contributed by atoms with Crippen LogP contribution < -0.4 is 5.32 Å². The second kappa shape index (κ2) is 5.88. The standard InChI is InChI=1S/C19H23NO/c1-2-19(12-6-13-19)18(21)20-14-11-16-9-5-8-15-7-3-4-10-17(15)16/h3-5,7-10H,2,6,11-14H2,1H3,(H,20,21). The molecule has 3 rings (SSSR count). The van der Waals surface area contributed by atoms with Crippen molar-refractivity contribution in [3.05, 3.63) is 48.0 Å². The molecular weight excluding hydrogens is 258 g/mol. The van der Waals surface area contributed by atoms with Crippen LogP contribution in [0.4, 0.5) is 0 Å². The van der Waals surface area contributed by atoms with Gasteiger partial charge in [-0.25, -0.2) is 0 Å². The molecule has 0 heterocycles. The first-order valence-electron chi connectivity index (χ1n) is 8.00. The van der Waals surface area contributed by atoms with Crippen LogP contribution in [0.1, 0.15) is 38.2 Å². The molecule has 110 valence electrons. The summed E-state index contributed by atoms with van der Waals surface area (Å²) in [5.74, 6) is 0.261. The van der Waals surface area contributed by atoms with Crippen LogP contribution in [0.15, 0.2) is 42.5 Å². The number of benzene rings is 2. The molecule has 2 nitrogen and oxygen atoms in total. The van der Waals surface area contributed by atoms with E-state index in [9.17, 15) is 4.79 Å². The maximum Gasteiger partial charge on any atom is 0.226 e. The summed E-state index contributed by atoms with van der Waals surface area (Å²) in [6.07, 6.45) is 5.18. The van der Waals surface area contributed by atoms with Gasteiger partial charge in [0.15, 0.2) is 0 Å². The van der Waals surface area contributed by atoms with E-state index in [1.165, 1.54) is 22.8 Å². The smallest absolute Gasteiger partial charge is 0.226 e. The minimum Gasteiger partial charge on any atom is -0.355 e. The average molecular weight is 281 g/mol. The largest absolute Gasteiger partial charge is 0.355 e. The van der Waals surface area contributed by atoms with E-state index in [0.29, 0.717) is 0 Å². The summed E-state index contributed by atoms with van der Waals surface area (Å²) >= 11 is 0. The van der Waals surface area contributed by atoms with Gasteiger partial charge in [-0.05, 0) is 42.0 Å². The molecule has 1 aliphatic carbocycles. The minimum atomic E-state index is -0.0568. The first-order chi connectivity index (χ1) is 10.2. The van der Waals surface area contributed by atoms with Crippen molar-refractivity contribution in [2.75, 3.05) is 6.54 Å². The maximum absolute atomic E-state index is 12.3. The van der Waals surface area contributed by atoms with Crippen LogP contribution in [0.25, 0.3) is 10.8 Å². The predicted octanol–water partition coefficient (Wildman–Crippen LogP) is 4.08. The van der Waals surface area contributed by atoms with Crippen molar-refractivity contribution in [1.82, 2.24) is 5.32 Å². The summed E-state index contributed by atoms with van der Waals surface area (Å²) in [5, 5.41) is 5.71. The van der Waals surface area contributed by atoms with Crippen LogP contribution in [0.5, 0.6) is 0 Å². The summed E-state index contributed by atoms with van der Waals surface area (Å²) in [6.45, 7) is 2.86. The first kappa shape index (κ1) is 14.1. The van der Waals surface area contributed by atoms with Crippen LogP contribution in [0.3, 0.4) is 0 Å². The van der Waals surface area contributed by atoms with Crippen molar-refractivity contribution in [3.63, 3.8) is 0 Å². The Hall–Kier alpha value is -1.83. The zero-order valence-electron chi connectivity index (χ0n) is 12.7. The van der Waals surface area contributed by atoms with Gasteiger partial charge in [0.05, 0.1) is 0 Å². The van der Waals surface area contributed by atoms with E-state index >= 15 is 0 Å². The summed E-state index contributed by atoms with van der Waals surface area (Å²) in [4.78, 5) is 12.3. The lowest BCUT2D eigenvalue weighted by Crippen LogP contribution is -2.45. The van der Waals surface area contributed by atoms with Gasteiger partial charge in [-0.3, -0.25) is 4.79 Å². The third kappa shape index (κ3) is 2.67. The van der Waals surface area contributed by atoms with Gasteiger partial charge in [0.1, 0.15) is 0 Å². The second-order valence-electron chi connectivity index (χ2n) is 6.13. The van der Waals surface area contributed by atoms with Crippen molar-refractivity contribution in [1.29, 1.82) is 0 Å². The van der Waals surface area contributed by atoms with E-state index in [1.54, 1.807) is 0 Å². The Labute approximate surface area is 126 Å². The van der Waals surface area contributed by atoms with E-state index < -0.39 is 0 Å². The Morgan fingerprint density at radius 3 is 2.62 bits per heavy atom. The van der Waals surface area contributed by atoms with Crippen LogP contribution in [0.2, 0.25) is 0 Å². The molecule has 1 aliphatic rings. The topological polar surface area (TPSA) is 29.1 Å². The number of amides is 1. The number of hydrogen-bond donors (Lipinski definition) is 1.